The predicted octanol–water partition coefficient (Wildman–Crippen LogP) is 3.49. The van der Waals surface area contributed by atoms with Crippen molar-refractivity contribution in [2.45, 2.75) is 33.2 Å². The summed E-state index contributed by atoms with van der Waals surface area (Å²) in [7, 11) is 0. The summed E-state index contributed by atoms with van der Waals surface area (Å²) in [6.07, 6.45) is 5.16. The Morgan fingerprint density at radius 3 is 2.74 bits per heavy atom. The van der Waals surface area contributed by atoms with E-state index < -0.39 is 0 Å². The molecule has 0 fully saturated rings. The molecule has 0 amide bonds. The van der Waals surface area contributed by atoms with Crippen LogP contribution in [-0.4, -0.2) is 29.4 Å². The number of aryl methyl sites for hydroxylation is 1. The number of anilines is 1. The van der Waals surface area contributed by atoms with E-state index in [0.717, 1.165) is 16.8 Å². The van der Waals surface area contributed by atoms with Gasteiger partial charge in [-0.25, -0.2) is 14.1 Å². The van der Waals surface area contributed by atoms with Crippen molar-refractivity contribution in [1.82, 2.24) is 29.4 Å². The molecule has 1 aromatic carbocycles. The van der Waals surface area contributed by atoms with E-state index in [-0.39, 0.29) is 5.82 Å². The van der Waals surface area contributed by atoms with Gasteiger partial charge in [0.05, 0.1) is 6.20 Å². The number of halogens is 1. The van der Waals surface area contributed by atoms with Crippen molar-refractivity contribution in [1.29, 1.82) is 0 Å². The van der Waals surface area contributed by atoms with E-state index in [0.29, 0.717) is 29.9 Å². The van der Waals surface area contributed by atoms with Gasteiger partial charge in [-0.1, -0.05) is 26.0 Å². The van der Waals surface area contributed by atoms with Gasteiger partial charge in [0.2, 0.25) is 5.95 Å². The van der Waals surface area contributed by atoms with Crippen molar-refractivity contribution in [2.24, 2.45) is 0 Å². The first-order valence-corrected chi connectivity index (χ1v) is 8.78. The van der Waals surface area contributed by atoms with Crippen molar-refractivity contribution in [3.63, 3.8) is 0 Å². The standard InChI is InChI=1S/C19H20FN7/c1-12(2)15-11-23-27-18(15)24-13(3)25-19(27)21-10-14-6-4-7-16(20)17(14)26-9-5-8-22-26/h4-9,11-12H,10H2,1-3H3,(H,21,24,25). The fraction of sp³-hybridized carbons (Fsp3) is 0.263. The van der Waals surface area contributed by atoms with Crippen LogP contribution in [0.15, 0.2) is 42.9 Å². The van der Waals surface area contributed by atoms with Crippen molar-refractivity contribution in [2.75, 3.05) is 5.32 Å². The molecule has 0 atom stereocenters. The molecule has 0 saturated heterocycles. The Bertz CT molecular complexity index is 1080. The summed E-state index contributed by atoms with van der Waals surface area (Å²) in [4.78, 5) is 8.99. The Morgan fingerprint density at radius 1 is 1.15 bits per heavy atom. The number of para-hydroxylation sites is 1. The molecule has 0 unspecified atom stereocenters. The van der Waals surface area contributed by atoms with E-state index in [1.807, 2.05) is 19.2 Å². The van der Waals surface area contributed by atoms with Gasteiger partial charge in [0.15, 0.2) is 5.65 Å². The van der Waals surface area contributed by atoms with Gasteiger partial charge in [0, 0.05) is 24.5 Å². The first kappa shape index (κ1) is 17.1. The number of hydrogen-bond acceptors (Lipinski definition) is 5. The van der Waals surface area contributed by atoms with Crippen LogP contribution in [0.25, 0.3) is 11.3 Å². The van der Waals surface area contributed by atoms with E-state index in [9.17, 15) is 4.39 Å². The lowest BCUT2D eigenvalue weighted by Crippen LogP contribution is -2.12. The first-order chi connectivity index (χ1) is 13.0. The fourth-order valence-electron chi connectivity index (χ4n) is 3.06. The Morgan fingerprint density at radius 2 is 2.00 bits per heavy atom. The SMILES string of the molecule is Cc1nc(NCc2cccc(F)c2-n2cccn2)n2ncc(C(C)C)c2n1. The molecule has 138 valence electrons. The highest BCUT2D eigenvalue weighted by molar-refractivity contribution is 5.52. The number of fused-ring (bicyclic) bond motifs is 1. The summed E-state index contributed by atoms with van der Waals surface area (Å²) in [6, 6.07) is 6.74. The molecule has 0 saturated carbocycles. The predicted molar refractivity (Wildman–Crippen MR) is 100 cm³/mol. The highest BCUT2D eigenvalue weighted by atomic mass is 19.1. The second-order valence-corrected chi connectivity index (χ2v) is 6.64. The Labute approximate surface area is 155 Å². The van der Waals surface area contributed by atoms with Gasteiger partial charge in [0.25, 0.3) is 0 Å². The van der Waals surface area contributed by atoms with Crippen molar-refractivity contribution in [3.05, 3.63) is 65.6 Å². The van der Waals surface area contributed by atoms with E-state index in [1.54, 1.807) is 29.0 Å². The van der Waals surface area contributed by atoms with Crippen LogP contribution in [0.2, 0.25) is 0 Å². The van der Waals surface area contributed by atoms with E-state index in [2.05, 4.69) is 39.3 Å². The molecule has 4 aromatic rings. The van der Waals surface area contributed by atoms with E-state index in [1.165, 1.54) is 10.7 Å². The van der Waals surface area contributed by atoms with Crippen LogP contribution in [0.3, 0.4) is 0 Å². The first-order valence-electron chi connectivity index (χ1n) is 8.78. The van der Waals surface area contributed by atoms with Crippen LogP contribution < -0.4 is 5.32 Å². The molecular weight excluding hydrogens is 345 g/mol. The molecule has 7 nitrogen and oxygen atoms in total. The van der Waals surface area contributed by atoms with Gasteiger partial charge in [-0.05, 0) is 30.5 Å². The molecule has 3 aromatic heterocycles. The van der Waals surface area contributed by atoms with Gasteiger partial charge in [-0.2, -0.15) is 19.7 Å². The second kappa shape index (κ2) is 6.79. The highest BCUT2D eigenvalue weighted by Gasteiger charge is 2.15. The number of nitrogens with zero attached hydrogens (tertiary/aromatic N) is 6. The van der Waals surface area contributed by atoms with Gasteiger partial charge in [-0.15, -0.1) is 0 Å². The largest absolute Gasteiger partial charge is 0.350 e. The lowest BCUT2D eigenvalue weighted by Gasteiger charge is -2.13. The van der Waals surface area contributed by atoms with Crippen molar-refractivity contribution in [3.8, 4) is 5.69 Å². The minimum Gasteiger partial charge on any atom is -0.350 e. The maximum absolute atomic E-state index is 14.4. The number of benzene rings is 1. The summed E-state index contributed by atoms with van der Waals surface area (Å²) in [6.45, 7) is 6.42. The molecule has 0 radical (unpaired) electrons. The lowest BCUT2D eigenvalue weighted by atomic mass is 10.1. The number of rotatable bonds is 5. The third-order valence-corrected chi connectivity index (χ3v) is 4.37. The molecule has 1 N–H and O–H groups in total. The Kier molecular flexibility index (Phi) is 4.31. The molecule has 0 spiro atoms. The van der Waals surface area contributed by atoms with E-state index in [4.69, 9.17) is 0 Å². The average molecular weight is 365 g/mol. The number of aromatic nitrogens is 6. The van der Waals surface area contributed by atoms with Gasteiger partial charge in [-0.3, -0.25) is 0 Å². The van der Waals surface area contributed by atoms with Crippen LogP contribution >= 0.6 is 0 Å². The van der Waals surface area contributed by atoms with E-state index >= 15 is 0 Å². The highest BCUT2D eigenvalue weighted by Crippen LogP contribution is 2.22. The lowest BCUT2D eigenvalue weighted by molar-refractivity contribution is 0.607. The molecule has 27 heavy (non-hydrogen) atoms. The molecule has 4 rings (SSSR count). The molecule has 3 heterocycles. The Hall–Kier alpha value is -3.29. The summed E-state index contributed by atoms with van der Waals surface area (Å²) >= 11 is 0. The smallest absolute Gasteiger partial charge is 0.227 e. The topological polar surface area (TPSA) is 72.9 Å². The number of hydrogen-bond donors (Lipinski definition) is 1. The van der Waals surface area contributed by atoms with Crippen LogP contribution in [0.1, 0.15) is 36.7 Å². The maximum atomic E-state index is 14.4. The molecule has 0 bridgehead atoms. The monoisotopic (exact) mass is 365 g/mol. The summed E-state index contributed by atoms with van der Waals surface area (Å²) in [5, 5.41) is 11.8. The fourth-order valence-corrected chi connectivity index (χ4v) is 3.06. The van der Waals surface area contributed by atoms with Crippen LogP contribution in [0, 0.1) is 12.7 Å². The van der Waals surface area contributed by atoms with Crippen LogP contribution in [0.5, 0.6) is 0 Å². The normalized spacial score (nSPS) is 11.4. The zero-order valence-corrected chi connectivity index (χ0v) is 15.4. The summed E-state index contributed by atoms with van der Waals surface area (Å²) in [5.74, 6) is 1.20. The van der Waals surface area contributed by atoms with Gasteiger partial charge in [0.1, 0.15) is 17.3 Å². The van der Waals surface area contributed by atoms with Crippen LogP contribution in [0.4, 0.5) is 10.3 Å². The number of nitrogens with one attached hydrogen (secondary N) is 1. The molecule has 0 aliphatic heterocycles. The zero-order valence-electron chi connectivity index (χ0n) is 15.4. The van der Waals surface area contributed by atoms with Crippen LogP contribution in [-0.2, 0) is 6.54 Å². The third-order valence-electron chi connectivity index (χ3n) is 4.37. The molecule has 0 aliphatic rings. The third kappa shape index (κ3) is 3.14. The summed E-state index contributed by atoms with van der Waals surface area (Å²) < 4.78 is 17.6. The zero-order chi connectivity index (χ0) is 19.0. The Balaban J connectivity index is 1.70. The van der Waals surface area contributed by atoms with Gasteiger partial charge >= 0.3 is 0 Å². The quantitative estimate of drug-likeness (QED) is 0.586. The average Bonchev–Trinajstić information content (AvgIpc) is 3.29. The maximum Gasteiger partial charge on any atom is 0.227 e. The minimum absolute atomic E-state index is 0.305. The second-order valence-electron chi connectivity index (χ2n) is 6.64. The molecule has 0 aliphatic carbocycles. The summed E-state index contributed by atoms with van der Waals surface area (Å²) in [5.41, 5.74) is 3.03. The van der Waals surface area contributed by atoms with Gasteiger partial charge < -0.3 is 5.32 Å². The molecule has 8 heteroatoms. The van der Waals surface area contributed by atoms with Crippen molar-refractivity contribution < 1.29 is 4.39 Å². The molecular formula is C19H20FN7. The minimum atomic E-state index is -0.330. The van der Waals surface area contributed by atoms with Crippen molar-refractivity contribution >= 4 is 11.6 Å².